The molecule has 0 saturated carbocycles. The Morgan fingerprint density at radius 2 is 2.21 bits per heavy atom. The first-order valence-electron chi connectivity index (χ1n) is 6.50. The molecule has 3 heterocycles. The van der Waals surface area contributed by atoms with Crippen LogP contribution in [0.5, 0.6) is 0 Å². The van der Waals surface area contributed by atoms with Crippen molar-refractivity contribution >= 4 is 11.8 Å². The predicted octanol–water partition coefficient (Wildman–Crippen LogP) is 1.44. The molecule has 1 fully saturated rings. The minimum absolute atomic E-state index is 0.336. The van der Waals surface area contributed by atoms with Crippen LogP contribution in [0.15, 0.2) is 18.5 Å². The maximum Gasteiger partial charge on any atom is 0.222 e. The zero-order chi connectivity index (χ0) is 13.4. The van der Waals surface area contributed by atoms with Crippen molar-refractivity contribution in [3.8, 4) is 0 Å². The average molecular weight is 258 g/mol. The van der Waals surface area contributed by atoms with Gasteiger partial charge in [0, 0.05) is 37.1 Å². The number of anilines is 2. The highest BCUT2D eigenvalue weighted by molar-refractivity contribution is 5.47. The summed E-state index contributed by atoms with van der Waals surface area (Å²) in [4.78, 5) is 10.8. The van der Waals surface area contributed by atoms with E-state index in [1.165, 1.54) is 5.56 Å². The molecule has 0 unspecified atom stereocenters. The van der Waals surface area contributed by atoms with Gasteiger partial charge in [-0.15, -0.1) is 0 Å². The van der Waals surface area contributed by atoms with Gasteiger partial charge in [-0.2, -0.15) is 10.1 Å². The van der Waals surface area contributed by atoms with Crippen LogP contribution in [0, 0.1) is 6.92 Å². The van der Waals surface area contributed by atoms with E-state index in [0.717, 1.165) is 30.9 Å². The SMILES string of the molecule is Cc1cc(N2CCC[C@H]2c2cnn(C)c2)nc(N)n1. The van der Waals surface area contributed by atoms with E-state index in [9.17, 15) is 0 Å². The van der Waals surface area contributed by atoms with E-state index in [0.29, 0.717) is 12.0 Å². The second-order valence-electron chi connectivity index (χ2n) is 5.02. The third-order valence-electron chi connectivity index (χ3n) is 3.51. The third-order valence-corrected chi connectivity index (χ3v) is 3.51. The lowest BCUT2D eigenvalue weighted by Gasteiger charge is -2.25. The van der Waals surface area contributed by atoms with Crippen molar-refractivity contribution in [2.75, 3.05) is 17.2 Å². The number of nitrogens with two attached hydrogens (primary N) is 1. The summed E-state index contributed by atoms with van der Waals surface area (Å²) < 4.78 is 1.84. The van der Waals surface area contributed by atoms with Gasteiger partial charge in [0.1, 0.15) is 5.82 Å². The van der Waals surface area contributed by atoms with Crippen LogP contribution in [0.1, 0.15) is 30.1 Å². The first kappa shape index (κ1) is 12.0. The van der Waals surface area contributed by atoms with Crippen molar-refractivity contribution in [1.82, 2.24) is 19.7 Å². The first-order chi connectivity index (χ1) is 9.13. The summed E-state index contributed by atoms with van der Waals surface area (Å²) in [5, 5.41) is 4.26. The number of rotatable bonds is 2. The fourth-order valence-electron chi connectivity index (χ4n) is 2.72. The molecule has 1 aliphatic rings. The maximum atomic E-state index is 5.75. The van der Waals surface area contributed by atoms with Crippen LogP contribution in [-0.4, -0.2) is 26.3 Å². The Hall–Kier alpha value is -2.11. The topological polar surface area (TPSA) is 72.9 Å². The van der Waals surface area contributed by atoms with Crippen LogP contribution < -0.4 is 10.6 Å². The molecule has 1 atom stereocenters. The summed E-state index contributed by atoms with van der Waals surface area (Å²) in [7, 11) is 1.94. The van der Waals surface area contributed by atoms with E-state index < -0.39 is 0 Å². The van der Waals surface area contributed by atoms with Gasteiger partial charge in [0.2, 0.25) is 5.95 Å². The zero-order valence-electron chi connectivity index (χ0n) is 11.2. The molecule has 0 radical (unpaired) electrons. The number of nitrogen functional groups attached to an aromatic ring is 1. The molecule has 6 nitrogen and oxygen atoms in total. The molecule has 1 aliphatic heterocycles. The van der Waals surface area contributed by atoms with Gasteiger partial charge in [-0.05, 0) is 19.8 Å². The Morgan fingerprint density at radius 1 is 1.37 bits per heavy atom. The molecule has 0 aliphatic carbocycles. The maximum absolute atomic E-state index is 5.75. The van der Waals surface area contributed by atoms with E-state index >= 15 is 0 Å². The highest BCUT2D eigenvalue weighted by atomic mass is 15.3. The standard InChI is InChI=1S/C13H18N6/c1-9-6-12(17-13(14)16-9)19-5-3-4-11(19)10-7-15-18(2)8-10/h6-8,11H,3-5H2,1-2H3,(H2,14,16,17)/t11-/m0/s1. The summed E-state index contributed by atoms with van der Waals surface area (Å²) in [6, 6.07) is 2.33. The van der Waals surface area contributed by atoms with Gasteiger partial charge >= 0.3 is 0 Å². The molecule has 3 rings (SSSR count). The normalized spacial score (nSPS) is 19.1. The van der Waals surface area contributed by atoms with E-state index in [1.54, 1.807) is 0 Å². The second kappa shape index (κ2) is 4.53. The molecule has 2 aromatic heterocycles. The highest BCUT2D eigenvalue weighted by Gasteiger charge is 2.28. The molecular weight excluding hydrogens is 240 g/mol. The average Bonchev–Trinajstić information content (AvgIpc) is 2.95. The third kappa shape index (κ3) is 2.25. The fourth-order valence-corrected chi connectivity index (χ4v) is 2.72. The summed E-state index contributed by atoms with van der Waals surface area (Å²) in [6.07, 6.45) is 6.28. The lowest BCUT2D eigenvalue weighted by Crippen LogP contribution is -2.24. The molecule has 0 aromatic carbocycles. The Kier molecular flexibility index (Phi) is 2.85. The van der Waals surface area contributed by atoms with Crippen molar-refractivity contribution in [3.63, 3.8) is 0 Å². The highest BCUT2D eigenvalue weighted by Crippen LogP contribution is 2.35. The summed E-state index contributed by atoms with van der Waals surface area (Å²) in [5.41, 5.74) is 7.88. The van der Waals surface area contributed by atoms with Gasteiger partial charge in [0.05, 0.1) is 12.2 Å². The number of nitrogens with zero attached hydrogens (tertiary/aromatic N) is 5. The lowest BCUT2D eigenvalue weighted by molar-refractivity contribution is 0.707. The zero-order valence-corrected chi connectivity index (χ0v) is 11.2. The van der Waals surface area contributed by atoms with Crippen LogP contribution in [0.3, 0.4) is 0 Å². The van der Waals surface area contributed by atoms with Crippen molar-refractivity contribution in [3.05, 3.63) is 29.7 Å². The smallest absolute Gasteiger partial charge is 0.222 e. The van der Waals surface area contributed by atoms with Crippen LogP contribution in [-0.2, 0) is 7.05 Å². The molecule has 2 aromatic rings. The van der Waals surface area contributed by atoms with Gasteiger partial charge in [0.25, 0.3) is 0 Å². The lowest BCUT2D eigenvalue weighted by atomic mass is 10.1. The van der Waals surface area contributed by atoms with Crippen molar-refractivity contribution in [2.24, 2.45) is 7.05 Å². The summed E-state index contributed by atoms with van der Waals surface area (Å²) in [5.74, 6) is 1.25. The number of aromatic nitrogens is 4. The van der Waals surface area contributed by atoms with Crippen molar-refractivity contribution in [1.29, 1.82) is 0 Å². The van der Waals surface area contributed by atoms with Crippen LogP contribution in [0.2, 0.25) is 0 Å². The molecular formula is C13H18N6. The minimum Gasteiger partial charge on any atom is -0.368 e. The van der Waals surface area contributed by atoms with Crippen LogP contribution in [0.25, 0.3) is 0 Å². The molecule has 0 amide bonds. The van der Waals surface area contributed by atoms with Crippen LogP contribution in [0.4, 0.5) is 11.8 Å². The van der Waals surface area contributed by atoms with Gasteiger partial charge in [-0.1, -0.05) is 0 Å². The molecule has 2 N–H and O–H groups in total. The summed E-state index contributed by atoms with van der Waals surface area (Å²) >= 11 is 0. The van der Waals surface area contributed by atoms with Crippen LogP contribution >= 0.6 is 0 Å². The van der Waals surface area contributed by atoms with Crippen molar-refractivity contribution < 1.29 is 0 Å². The van der Waals surface area contributed by atoms with E-state index in [1.807, 2.05) is 30.9 Å². The Morgan fingerprint density at radius 3 is 2.89 bits per heavy atom. The minimum atomic E-state index is 0.336. The van der Waals surface area contributed by atoms with E-state index in [-0.39, 0.29) is 0 Å². The van der Waals surface area contributed by atoms with Gasteiger partial charge in [0.15, 0.2) is 0 Å². The van der Waals surface area contributed by atoms with Gasteiger partial charge < -0.3 is 10.6 Å². The molecule has 0 bridgehead atoms. The number of hydrogen-bond acceptors (Lipinski definition) is 5. The molecule has 19 heavy (non-hydrogen) atoms. The Labute approximate surface area is 112 Å². The van der Waals surface area contributed by atoms with E-state index in [4.69, 9.17) is 5.73 Å². The quantitative estimate of drug-likeness (QED) is 0.882. The number of aryl methyl sites for hydroxylation is 2. The fraction of sp³-hybridized carbons (Fsp3) is 0.462. The first-order valence-corrected chi connectivity index (χ1v) is 6.50. The predicted molar refractivity (Wildman–Crippen MR) is 73.7 cm³/mol. The van der Waals surface area contributed by atoms with Gasteiger partial charge in [-0.3, -0.25) is 4.68 Å². The Balaban J connectivity index is 1.94. The Bertz CT molecular complexity index is 570. The molecule has 1 saturated heterocycles. The molecule has 0 spiro atoms. The number of hydrogen-bond donors (Lipinski definition) is 1. The second-order valence-corrected chi connectivity index (χ2v) is 5.02. The van der Waals surface area contributed by atoms with Crippen molar-refractivity contribution in [2.45, 2.75) is 25.8 Å². The summed E-state index contributed by atoms with van der Waals surface area (Å²) in [6.45, 7) is 2.94. The molecule has 100 valence electrons. The van der Waals surface area contributed by atoms with E-state index in [2.05, 4.69) is 26.2 Å². The monoisotopic (exact) mass is 258 g/mol. The molecule has 6 heteroatoms. The largest absolute Gasteiger partial charge is 0.368 e. The van der Waals surface area contributed by atoms with Gasteiger partial charge in [-0.25, -0.2) is 4.98 Å².